The van der Waals surface area contributed by atoms with Crippen LogP contribution in [0.3, 0.4) is 0 Å². The van der Waals surface area contributed by atoms with Gasteiger partial charge in [0.2, 0.25) is 0 Å². The Kier molecular flexibility index (Phi) is 7.09. The van der Waals surface area contributed by atoms with Gasteiger partial charge in [0.1, 0.15) is 0 Å². The predicted molar refractivity (Wildman–Crippen MR) is 73.4 cm³/mol. The average molecular weight is 242 g/mol. The van der Waals surface area contributed by atoms with E-state index in [0.717, 1.165) is 31.7 Å². The SMILES string of the molecule is CCCC(CNC)N(CCOC)C(C)C1CC1. The Morgan fingerprint density at radius 1 is 1.41 bits per heavy atom. The number of methoxy groups -OCH3 is 1. The molecule has 0 amide bonds. The number of ether oxygens (including phenoxy) is 1. The lowest BCUT2D eigenvalue weighted by molar-refractivity contribution is 0.0772. The zero-order valence-electron chi connectivity index (χ0n) is 12.0. The fraction of sp³-hybridized carbons (Fsp3) is 1.00. The molecule has 1 fully saturated rings. The maximum atomic E-state index is 5.27. The summed E-state index contributed by atoms with van der Waals surface area (Å²) in [7, 11) is 3.85. The van der Waals surface area contributed by atoms with Crippen LogP contribution in [-0.2, 0) is 4.74 Å². The minimum atomic E-state index is 0.663. The number of hydrogen-bond acceptors (Lipinski definition) is 3. The lowest BCUT2D eigenvalue weighted by Gasteiger charge is -2.36. The van der Waals surface area contributed by atoms with E-state index in [2.05, 4.69) is 31.1 Å². The van der Waals surface area contributed by atoms with Crippen LogP contribution >= 0.6 is 0 Å². The first-order valence-corrected chi connectivity index (χ1v) is 7.13. The summed E-state index contributed by atoms with van der Waals surface area (Å²) in [4.78, 5) is 2.67. The van der Waals surface area contributed by atoms with Gasteiger partial charge in [0.05, 0.1) is 6.61 Å². The smallest absolute Gasteiger partial charge is 0.0589 e. The van der Waals surface area contributed by atoms with Crippen LogP contribution in [0.4, 0.5) is 0 Å². The molecule has 0 aliphatic heterocycles. The number of nitrogens with zero attached hydrogens (tertiary/aromatic N) is 1. The molecule has 0 saturated heterocycles. The van der Waals surface area contributed by atoms with E-state index in [1.807, 2.05) is 0 Å². The highest BCUT2D eigenvalue weighted by atomic mass is 16.5. The van der Waals surface area contributed by atoms with Gasteiger partial charge in [0.15, 0.2) is 0 Å². The quantitative estimate of drug-likeness (QED) is 0.635. The Labute approximate surface area is 107 Å². The van der Waals surface area contributed by atoms with Crippen molar-refractivity contribution in [3.8, 4) is 0 Å². The molecule has 0 radical (unpaired) electrons. The third-order valence-corrected chi connectivity index (χ3v) is 3.91. The molecule has 3 nitrogen and oxygen atoms in total. The lowest BCUT2D eigenvalue weighted by Crippen LogP contribution is -2.48. The second-order valence-corrected chi connectivity index (χ2v) is 5.31. The first kappa shape index (κ1) is 14.9. The van der Waals surface area contributed by atoms with Crippen LogP contribution in [0, 0.1) is 5.92 Å². The molecule has 0 heterocycles. The molecule has 1 saturated carbocycles. The zero-order chi connectivity index (χ0) is 12.7. The topological polar surface area (TPSA) is 24.5 Å². The number of likely N-dealkylation sites (N-methyl/N-ethyl adjacent to an activating group) is 1. The van der Waals surface area contributed by atoms with Crippen LogP contribution in [0.1, 0.15) is 39.5 Å². The molecule has 1 aliphatic rings. The van der Waals surface area contributed by atoms with E-state index in [9.17, 15) is 0 Å². The van der Waals surface area contributed by atoms with Crippen molar-refractivity contribution in [3.63, 3.8) is 0 Å². The highest BCUT2D eigenvalue weighted by Gasteiger charge is 2.34. The first-order valence-electron chi connectivity index (χ1n) is 7.13. The van der Waals surface area contributed by atoms with Gasteiger partial charge in [-0.15, -0.1) is 0 Å². The van der Waals surface area contributed by atoms with Gasteiger partial charge < -0.3 is 10.1 Å². The van der Waals surface area contributed by atoms with Crippen molar-refractivity contribution in [3.05, 3.63) is 0 Å². The minimum Gasteiger partial charge on any atom is -0.383 e. The molecule has 102 valence electrons. The summed E-state index contributed by atoms with van der Waals surface area (Å²) < 4.78 is 5.27. The lowest BCUT2D eigenvalue weighted by atomic mass is 10.1. The average Bonchev–Trinajstić information content (AvgIpc) is 3.13. The molecule has 0 spiro atoms. The van der Waals surface area contributed by atoms with Gasteiger partial charge in [0.25, 0.3) is 0 Å². The molecule has 1 N–H and O–H groups in total. The monoisotopic (exact) mass is 242 g/mol. The molecule has 1 rings (SSSR count). The summed E-state index contributed by atoms with van der Waals surface area (Å²) in [5, 5.41) is 3.34. The molecule has 0 aromatic rings. The molecule has 1 aliphatic carbocycles. The van der Waals surface area contributed by atoms with Crippen molar-refractivity contribution in [2.45, 2.75) is 51.6 Å². The molecule has 2 unspecified atom stereocenters. The molecule has 17 heavy (non-hydrogen) atoms. The number of hydrogen-bond donors (Lipinski definition) is 1. The van der Waals surface area contributed by atoms with Crippen molar-refractivity contribution >= 4 is 0 Å². The van der Waals surface area contributed by atoms with Gasteiger partial charge in [-0.2, -0.15) is 0 Å². The van der Waals surface area contributed by atoms with E-state index in [1.54, 1.807) is 7.11 Å². The maximum Gasteiger partial charge on any atom is 0.0589 e. The normalized spacial score (nSPS) is 19.6. The van der Waals surface area contributed by atoms with Gasteiger partial charge in [-0.1, -0.05) is 13.3 Å². The maximum absolute atomic E-state index is 5.27. The molecule has 3 heteroatoms. The third kappa shape index (κ3) is 4.94. The van der Waals surface area contributed by atoms with Gasteiger partial charge in [-0.3, -0.25) is 4.90 Å². The van der Waals surface area contributed by atoms with Gasteiger partial charge in [-0.05, 0) is 39.2 Å². The van der Waals surface area contributed by atoms with Crippen molar-refractivity contribution in [2.75, 3.05) is 33.9 Å². The van der Waals surface area contributed by atoms with Gasteiger partial charge >= 0.3 is 0 Å². The van der Waals surface area contributed by atoms with Gasteiger partial charge in [0, 0.05) is 32.3 Å². The van der Waals surface area contributed by atoms with E-state index in [1.165, 1.54) is 25.7 Å². The van der Waals surface area contributed by atoms with E-state index in [0.29, 0.717) is 6.04 Å². The van der Waals surface area contributed by atoms with Crippen molar-refractivity contribution < 1.29 is 4.74 Å². The van der Waals surface area contributed by atoms with Crippen LogP contribution < -0.4 is 5.32 Å². The second-order valence-electron chi connectivity index (χ2n) is 5.31. The molecule has 2 atom stereocenters. The first-order chi connectivity index (χ1) is 8.24. The Bertz CT molecular complexity index is 189. The number of rotatable bonds is 10. The highest BCUT2D eigenvalue weighted by molar-refractivity contribution is 4.88. The summed E-state index contributed by atoms with van der Waals surface area (Å²) in [6.45, 7) is 7.68. The van der Waals surface area contributed by atoms with Crippen LogP contribution in [0.5, 0.6) is 0 Å². The zero-order valence-corrected chi connectivity index (χ0v) is 12.0. The van der Waals surface area contributed by atoms with E-state index in [4.69, 9.17) is 4.74 Å². The largest absolute Gasteiger partial charge is 0.383 e. The van der Waals surface area contributed by atoms with Crippen LogP contribution in [0.2, 0.25) is 0 Å². The predicted octanol–water partition coefficient (Wildman–Crippen LogP) is 2.12. The Morgan fingerprint density at radius 2 is 2.12 bits per heavy atom. The summed E-state index contributed by atoms with van der Waals surface area (Å²) in [6.07, 6.45) is 5.38. The van der Waals surface area contributed by atoms with E-state index >= 15 is 0 Å². The van der Waals surface area contributed by atoms with E-state index in [-0.39, 0.29) is 0 Å². The molecular formula is C14H30N2O. The fourth-order valence-electron chi connectivity index (χ4n) is 2.72. The Balaban J connectivity index is 2.55. The third-order valence-electron chi connectivity index (χ3n) is 3.91. The van der Waals surface area contributed by atoms with Crippen LogP contribution in [-0.4, -0.2) is 50.8 Å². The summed E-state index contributed by atoms with van der Waals surface area (Å²) in [6, 6.07) is 1.38. The number of nitrogens with one attached hydrogen (secondary N) is 1. The highest BCUT2D eigenvalue weighted by Crippen LogP contribution is 2.36. The Morgan fingerprint density at radius 3 is 2.59 bits per heavy atom. The van der Waals surface area contributed by atoms with Crippen molar-refractivity contribution in [1.82, 2.24) is 10.2 Å². The standard InChI is InChI=1S/C14H30N2O/c1-5-6-14(11-15-3)16(9-10-17-4)12(2)13-7-8-13/h12-15H,5-11H2,1-4H3. The fourth-order valence-corrected chi connectivity index (χ4v) is 2.72. The molecule has 0 bridgehead atoms. The van der Waals surface area contributed by atoms with Gasteiger partial charge in [-0.25, -0.2) is 0 Å². The summed E-state index contributed by atoms with van der Waals surface area (Å²) >= 11 is 0. The molecule has 0 aromatic carbocycles. The van der Waals surface area contributed by atoms with Crippen LogP contribution in [0.25, 0.3) is 0 Å². The van der Waals surface area contributed by atoms with Crippen LogP contribution in [0.15, 0.2) is 0 Å². The summed E-state index contributed by atoms with van der Waals surface area (Å²) in [5.41, 5.74) is 0. The Hall–Kier alpha value is -0.120. The summed E-state index contributed by atoms with van der Waals surface area (Å²) in [5.74, 6) is 0.933. The molecule has 0 aromatic heterocycles. The molecular weight excluding hydrogens is 212 g/mol. The minimum absolute atomic E-state index is 0.663. The van der Waals surface area contributed by atoms with Crippen molar-refractivity contribution in [2.24, 2.45) is 5.92 Å². The second kappa shape index (κ2) is 8.06. The van der Waals surface area contributed by atoms with E-state index < -0.39 is 0 Å². The van der Waals surface area contributed by atoms with Crippen molar-refractivity contribution in [1.29, 1.82) is 0 Å².